The van der Waals surface area contributed by atoms with Crippen molar-refractivity contribution in [3.63, 3.8) is 0 Å². The fraction of sp³-hybridized carbons (Fsp3) is 0.778. The third-order valence-corrected chi connectivity index (χ3v) is 1.27. The van der Waals surface area contributed by atoms with Crippen LogP contribution in [-0.4, -0.2) is 11.9 Å². The lowest BCUT2D eigenvalue weighted by molar-refractivity contribution is -0.165. The van der Waals surface area contributed by atoms with Crippen molar-refractivity contribution < 1.29 is 14.3 Å². The Balaban J connectivity index is 3.94. The summed E-state index contributed by atoms with van der Waals surface area (Å²) in [5.41, 5.74) is -0.594. The molecule has 0 atom stereocenters. The van der Waals surface area contributed by atoms with Crippen LogP contribution in [0.3, 0.4) is 0 Å². The molecule has 0 aliphatic rings. The summed E-state index contributed by atoms with van der Waals surface area (Å²) in [6.45, 7) is 7.01. The lowest BCUT2D eigenvalue weighted by Crippen LogP contribution is -2.25. The number of carbonyl (C=O) groups excluding carboxylic acids is 2. The summed E-state index contributed by atoms with van der Waals surface area (Å²) in [6.07, 6.45) is 1.01. The normalized spacial score (nSPS) is 11.0. The van der Waals surface area contributed by atoms with Crippen molar-refractivity contribution in [2.45, 2.75) is 40.5 Å². The zero-order chi connectivity index (χ0) is 9.78. The van der Waals surface area contributed by atoms with E-state index in [0.717, 1.165) is 0 Å². The zero-order valence-electron chi connectivity index (χ0n) is 8.14. The van der Waals surface area contributed by atoms with Crippen LogP contribution in [0.25, 0.3) is 0 Å². The van der Waals surface area contributed by atoms with Gasteiger partial charge < -0.3 is 4.74 Å². The van der Waals surface area contributed by atoms with Crippen LogP contribution >= 0.6 is 0 Å². The molecule has 0 rings (SSSR count). The molecule has 0 saturated heterocycles. The van der Waals surface area contributed by atoms with Gasteiger partial charge in [-0.3, -0.25) is 9.59 Å². The average molecular weight is 172 g/mol. The molecule has 3 heteroatoms. The van der Waals surface area contributed by atoms with Crippen molar-refractivity contribution in [1.29, 1.82) is 0 Å². The van der Waals surface area contributed by atoms with E-state index in [2.05, 4.69) is 4.74 Å². The van der Waals surface area contributed by atoms with Crippen molar-refractivity contribution in [2.24, 2.45) is 5.41 Å². The number of carbonyl (C=O) groups is 2. The number of hydrogen-bond acceptors (Lipinski definition) is 3. The highest BCUT2D eigenvalue weighted by Gasteiger charge is 2.25. The van der Waals surface area contributed by atoms with Gasteiger partial charge in [0, 0.05) is 6.42 Å². The first-order valence-corrected chi connectivity index (χ1v) is 4.13. The van der Waals surface area contributed by atoms with Gasteiger partial charge in [0.1, 0.15) is 0 Å². The standard InChI is InChI=1S/C9H16O3/c1-5-6-7(10)12-8(11)9(2,3)4/h5-6H2,1-4H3. The first kappa shape index (κ1) is 11.1. The second kappa shape index (κ2) is 4.24. The van der Waals surface area contributed by atoms with Gasteiger partial charge >= 0.3 is 11.9 Å². The van der Waals surface area contributed by atoms with Gasteiger partial charge in [-0.15, -0.1) is 0 Å². The summed E-state index contributed by atoms with van der Waals surface area (Å²) < 4.78 is 4.58. The zero-order valence-corrected chi connectivity index (χ0v) is 8.14. The van der Waals surface area contributed by atoms with Crippen molar-refractivity contribution >= 4 is 11.9 Å². The van der Waals surface area contributed by atoms with Gasteiger partial charge in [-0.25, -0.2) is 0 Å². The molecule has 0 aromatic heterocycles. The summed E-state index contributed by atoms with van der Waals surface area (Å²) in [4.78, 5) is 22.0. The minimum absolute atomic E-state index is 0.307. The summed E-state index contributed by atoms with van der Waals surface area (Å²) >= 11 is 0. The van der Waals surface area contributed by atoms with E-state index < -0.39 is 17.4 Å². The minimum atomic E-state index is -0.594. The number of hydrogen-bond donors (Lipinski definition) is 0. The van der Waals surface area contributed by atoms with Gasteiger partial charge in [0.2, 0.25) is 0 Å². The molecule has 0 N–H and O–H groups in total. The van der Waals surface area contributed by atoms with Crippen LogP contribution in [-0.2, 0) is 14.3 Å². The molecule has 70 valence electrons. The van der Waals surface area contributed by atoms with Crippen LogP contribution in [0.4, 0.5) is 0 Å². The molecular weight excluding hydrogens is 156 g/mol. The van der Waals surface area contributed by atoms with Gasteiger partial charge in [-0.2, -0.15) is 0 Å². The quantitative estimate of drug-likeness (QED) is 0.472. The predicted molar refractivity (Wildman–Crippen MR) is 45.5 cm³/mol. The highest BCUT2D eigenvalue weighted by molar-refractivity contribution is 5.88. The van der Waals surface area contributed by atoms with E-state index in [4.69, 9.17) is 0 Å². The van der Waals surface area contributed by atoms with Crippen molar-refractivity contribution in [3.05, 3.63) is 0 Å². The van der Waals surface area contributed by atoms with E-state index in [0.29, 0.717) is 12.8 Å². The fourth-order valence-corrected chi connectivity index (χ4v) is 0.512. The monoisotopic (exact) mass is 172 g/mol. The van der Waals surface area contributed by atoms with Crippen molar-refractivity contribution in [1.82, 2.24) is 0 Å². The van der Waals surface area contributed by atoms with Crippen molar-refractivity contribution in [2.75, 3.05) is 0 Å². The Morgan fingerprint density at radius 3 is 2.08 bits per heavy atom. The molecule has 3 nitrogen and oxygen atoms in total. The Labute approximate surface area is 73.1 Å². The SMILES string of the molecule is CCCC(=O)OC(=O)C(C)(C)C. The molecule has 12 heavy (non-hydrogen) atoms. The van der Waals surface area contributed by atoms with Gasteiger partial charge in [0.15, 0.2) is 0 Å². The molecule has 0 heterocycles. The van der Waals surface area contributed by atoms with Crippen LogP contribution in [0.1, 0.15) is 40.5 Å². The van der Waals surface area contributed by atoms with Gasteiger partial charge in [-0.05, 0) is 27.2 Å². The number of rotatable bonds is 2. The summed E-state index contributed by atoms with van der Waals surface area (Å²) in [5.74, 6) is -0.890. The molecule has 0 unspecified atom stereocenters. The molecule has 0 spiro atoms. The summed E-state index contributed by atoms with van der Waals surface area (Å²) in [6, 6.07) is 0. The molecule has 0 radical (unpaired) electrons. The maximum absolute atomic E-state index is 11.1. The predicted octanol–water partition coefficient (Wildman–Crippen LogP) is 1.90. The molecule has 0 aliphatic heterocycles. The summed E-state index contributed by atoms with van der Waals surface area (Å²) in [5, 5.41) is 0. The van der Waals surface area contributed by atoms with E-state index >= 15 is 0 Å². The van der Waals surface area contributed by atoms with Gasteiger partial charge in [0.05, 0.1) is 5.41 Å². The molecule has 0 aliphatic carbocycles. The molecule has 0 amide bonds. The number of esters is 2. The summed E-state index contributed by atoms with van der Waals surface area (Å²) in [7, 11) is 0. The highest BCUT2D eigenvalue weighted by Crippen LogP contribution is 2.15. The molecule has 0 aromatic rings. The topological polar surface area (TPSA) is 43.4 Å². The smallest absolute Gasteiger partial charge is 0.318 e. The lowest BCUT2D eigenvalue weighted by atomic mass is 9.97. The molecular formula is C9H16O3. The van der Waals surface area contributed by atoms with E-state index in [1.807, 2.05) is 6.92 Å². The maximum Gasteiger partial charge on any atom is 0.318 e. The maximum atomic E-state index is 11.1. The van der Waals surface area contributed by atoms with Gasteiger partial charge in [-0.1, -0.05) is 6.92 Å². The fourth-order valence-electron chi connectivity index (χ4n) is 0.512. The number of ether oxygens (including phenoxy) is 1. The molecule has 0 aromatic carbocycles. The first-order valence-electron chi connectivity index (χ1n) is 4.13. The van der Waals surface area contributed by atoms with E-state index in [9.17, 15) is 9.59 Å². The molecule has 0 bridgehead atoms. The Bertz CT molecular complexity index is 177. The van der Waals surface area contributed by atoms with Crippen LogP contribution in [0.15, 0.2) is 0 Å². The first-order chi connectivity index (χ1) is 5.38. The Morgan fingerprint density at radius 2 is 1.75 bits per heavy atom. The van der Waals surface area contributed by atoms with Crippen molar-refractivity contribution in [3.8, 4) is 0 Å². The highest BCUT2D eigenvalue weighted by atomic mass is 16.6. The third kappa shape index (κ3) is 4.11. The van der Waals surface area contributed by atoms with Crippen LogP contribution < -0.4 is 0 Å². The average Bonchev–Trinajstić information content (AvgIpc) is 1.85. The Kier molecular flexibility index (Phi) is 3.93. The largest absolute Gasteiger partial charge is 0.393 e. The van der Waals surface area contributed by atoms with E-state index in [1.165, 1.54) is 0 Å². The minimum Gasteiger partial charge on any atom is -0.393 e. The lowest BCUT2D eigenvalue weighted by Gasteiger charge is -2.14. The van der Waals surface area contributed by atoms with E-state index in [-0.39, 0.29) is 0 Å². The molecule has 0 fully saturated rings. The Morgan fingerprint density at radius 1 is 1.25 bits per heavy atom. The molecule has 0 saturated carbocycles. The third-order valence-electron chi connectivity index (χ3n) is 1.27. The van der Waals surface area contributed by atoms with Crippen LogP contribution in [0.5, 0.6) is 0 Å². The second-order valence-corrected chi connectivity index (χ2v) is 3.76. The van der Waals surface area contributed by atoms with E-state index in [1.54, 1.807) is 20.8 Å². The van der Waals surface area contributed by atoms with Gasteiger partial charge in [0.25, 0.3) is 0 Å². The van der Waals surface area contributed by atoms with Crippen LogP contribution in [0.2, 0.25) is 0 Å². The Hall–Kier alpha value is -0.860. The van der Waals surface area contributed by atoms with Crippen LogP contribution in [0, 0.1) is 5.41 Å². The second-order valence-electron chi connectivity index (χ2n) is 3.76.